The largest absolute Gasteiger partial charge is 0.386 e. The van der Waals surface area contributed by atoms with Gasteiger partial charge in [-0.3, -0.25) is 4.99 Å². The summed E-state index contributed by atoms with van der Waals surface area (Å²) in [6.07, 6.45) is 0. The minimum absolute atomic E-state index is 0.340. The number of nitrogens with zero attached hydrogens (tertiary/aromatic N) is 2. The zero-order valence-corrected chi connectivity index (χ0v) is 12.0. The van der Waals surface area contributed by atoms with Gasteiger partial charge in [0, 0.05) is 21.2 Å². The Hall–Kier alpha value is -1.84. The van der Waals surface area contributed by atoms with E-state index in [1.54, 1.807) is 6.07 Å². The molecule has 2 aromatic rings. The number of aliphatic imine (C=N–C) groups is 2. The fourth-order valence-electron chi connectivity index (χ4n) is 2.12. The Morgan fingerprint density at radius 2 is 1.80 bits per heavy atom. The van der Waals surface area contributed by atoms with Crippen molar-refractivity contribution in [3.8, 4) is 0 Å². The van der Waals surface area contributed by atoms with Gasteiger partial charge in [-0.05, 0) is 24.3 Å². The molecular formula is C15H11Cl2N3. The first-order valence-corrected chi connectivity index (χ1v) is 6.83. The Morgan fingerprint density at radius 1 is 1.00 bits per heavy atom. The second-order valence-corrected chi connectivity index (χ2v) is 5.25. The van der Waals surface area contributed by atoms with E-state index in [0.29, 0.717) is 28.1 Å². The molecule has 0 atom stereocenters. The quantitative estimate of drug-likeness (QED) is 0.855. The van der Waals surface area contributed by atoms with Gasteiger partial charge in [-0.2, -0.15) is 0 Å². The lowest BCUT2D eigenvalue weighted by atomic mass is 10.0. The van der Waals surface area contributed by atoms with Crippen molar-refractivity contribution in [2.24, 2.45) is 15.7 Å². The Balaban J connectivity index is 2.23. The van der Waals surface area contributed by atoms with Gasteiger partial charge < -0.3 is 5.73 Å². The lowest BCUT2D eigenvalue weighted by molar-refractivity contribution is 1.27. The van der Waals surface area contributed by atoms with Crippen molar-refractivity contribution in [3.63, 3.8) is 0 Å². The zero-order chi connectivity index (χ0) is 14.1. The lowest BCUT2D eigenvalue weighted by Crippen LogP contribution is -2.14. The van der Waals surface area contributed by atoms with E-state index in [4.69, 9.17) is 28.9 Å². The van der Waals surface area contributed by atoms with Crippen LogP contribution in [0.25, 0.3) is 0 Å². The van der Waals surface area contributed by atoms with Gasteiger partial charge in [-0.1, -0.05) is 41.4 Å². The minimum atomic E-state index is 0.340. The Labute approximate surface area is 126 Å². The third kappa shape index (κ3) is 2.42. The van der Waals surface area contributed by atoms with Gasteiger partial charge in [-0.15, -0.1) is 0 Å². The standard InChI is InChI=1S/C15H11Cl2N3/c16-9-5-6-11-13(7-9)20-14(18)8-19-15(11)10-3-1-2-4-12(10)17/h1-7H,8H2,(H2,18,20). The highest BCUT2D eigenvalue weighted by atomic mass is 35.5. The molecule has 0 aromatic heterocycles. The van der Waals surface area contributed by atoms with Crippen LogP contribution in [0.15, 0.2) is 52.4 Å². The number of nitrogens with two attached hydrogens (primary N) is 1. The lowest BCUT2D eigenvalue weighted by Gasteiger charge is -2.10. The summed E-state index contributed by atoms with van der Waals surface area (Å²) in [6, 6.07) is 13.1. The second-order valence-electron chi connectivity index (χ2n) is 4.41. The molecule has 0 saturated heterocycles. The van der Waals surface area contributed by atoms with Crippen molar-refractivity contribution in [2.45, 2.75) is 0 Å². The predicted molar refractivity (Wildman–Crippen MR) is 84.7 cm³/mol. The summed E-state index contributed by atoms with van der Waals surface area (Å²) in [7, 11) is 0. The zero-order valence-electron chi connectivity index (χ0n) is 10.5. The monoisotopic (exact) mass is 303 g/mol. The van der Waals surface area contributed by atoms with Crippen LogP contribution < -0.4 is 5.73 Å². The highest BCUT2D eigenvalue weighted by molar-refractivity contribution is 6.36. The van der Waals surface area contributed by atoms with Crippen molar-refractivity contribution < 1.29 is 0 Å². The van der Waals surface area contributed by atoms with Crippen molar-refractivity contribution >= 4 is 40.4 Å². The molecule has 3 nitrogen and oxygen atoms in total. The summed E-state index contributed by atoms with van der Waals surface area (Å²) in [6.45, 7) is 0.340. The molecule has 100 valence electrons. The molecule has 3 rings (SSSR count). The van der Waals surface area contributed by atoms with E-state index in [-0.39, 0.29) is 0 Å². The van der Waals surface area contributed by atoms with E-state index in [2.05, 4.69) is 9.98 Å². The summed E-state index contributed by atoms with van der Waals surface area (Å²) in [5, 5.41) is 1.26. The molecule has 0 aliphatic carbocycles. The molecule has 1 aliphatic heterocycles. The summed E-state index contributed by atoms with van der Waals surface area (Å²) in [4.78, 5) is 8.90. The summed E-state index contributed by atoms with van der Waals surface area (Å²) >= 11 is 12.3. The molecule has 20 heavy (non-hydrogen) atoms. The number of halogens is 2. The fourth-order valence-corrected chi connectivity index (χ4v) is 2.51. The number of hydrogen-bond acceptors (Lipinski definition) is 3. The minimum Gasteiger partial charge on any atom is -0.386 e. The average molecular weight is 304 g/mol. The average Bonchev–Trinajstić information content (AvgIpc) is 2.57. The van der Waals surface area contributed by atoms with E-state index in [9.17, 15) is 0 Å². The van der Waals surface area contributed by atoms with Gasteiger partial charge in [-0.25, -0.2) is 4.99 Å². The molecule has 0 radical (unpaired) electrons. The van der Waals surface area contributed by atoms with Crippen LogP contribution in [0.2, 0.25) is 10.0 Å². The Kier molecular flexibility index (Phi) is 3.47. The van der Waals surface area contributed by atoms with Crippen LogP contribution in [0.4, 0.5) is 5.69 Å². The van der Waals surface area contributed by atoms with E-state index in [1.165, 1.54) is 0 Å². The summed E-state index contributed by atoms with van der Waals surface area (Å²) < 4.78 is 0. The van der Waals surface area contributed by atoms with Crippen molar-refractivity contribution in [1.29, 1.82) is 0 Å². The SMILES string of the molecule is NC1=Nc2cc(Cl)ccc2C(c2ccccc2Cl)=NC1. The summed E-state index contributed by atoms with van der Waals surface area (Å²) in [5.41, 5.74) is 9.08. The van der Waals surface area contributed by atoms with Crippen LogP contribution >= 0.6 is 23.2 Å². The molecule has 0 spiro atoms. The third-order valence-corrected chi connectivity index (χ3v) is 3.57. The van der Waals surface area contributed by atoms with Gasteiger partial charge in [0.2, 0.25) is 0 Å². The van der Waals surface area contributed by atoms with Crippen LogP contribution in [-0.4, -0.2) is 18.1 Å². The van der Waals surface area contributed by atoms with Crippen LogP contribution in [0.1, 0.15) is 11.1 Å². The molecule has 2 N–H and O–H groups in total. The maximum absolute atomic E-state index is 6.27. The number of amidine groups is 1. The molecule has 0 fully saturated rings. The molecule has 0 amide bonds. The summed E-state index contributed by atoms with van der Waals surface area (Å²) in [5.74, 6) is 0.454. The second kappa shape index (κ2) is 5.27. The van der Waals surface area contributed by atoms with Crippen molar-refractivity contribution in [1.82, 2.24) is 0 Å². The van der Waals surface area contributed by atoms with Crippen LogP contribution in [0.5, 0.6) is 0 Å². The van der Waals surface area contributed by atoms with Gasteiger partial charge in [0.25, 0.3) is 0 Å². The van der Waals surface area contributed by atoms with Crippen LogP contribution in [-0.2, 0) is 0 Å². The van der Waals surface area contributed by atoms with Gasteiger partial charge in [0.1, 0.15) is 5.84 Å². The third-order valence-electron chi connectivity index (χ3n) is 3.01. The normalized spacial score (nSPS) is 14.1. The Morgan fingerprint density at radius 3 is 2.60 bits per heavy atom. The van der Waals surface area contributed by atoms with E-state index in [1.807, 2.05) is 36.4 Å². The van der Waals surface area contributed by atoms with Gasteiger partial charge >= 0.3 is 0 Å². The first kappa shape index (κ1) is 13.2. The number of fused-ring (bicyclic) bond motifs is 1. The molecular weight excluding hydrogens is 293 g/mol. The molecule has 0 bridgehead atoms. The molecule has 0 saturated carbocycles. The molecule has 1 aliphatic rings. The van der Waals surface area contributed by atoms with E-state index < -0.39 is 0 Å². The maximum Gasteiger partial charge on any atom is 0.121 e. The topological polar surface area (TPSA) is 50.7 Å². The molecule has 5 heteroatoms. The predicted octanol–water partition coefficient (Wildman–Crippen LogP) is 3.83. The first-order chi connectivity index (χ1) is 9.65. The van der Waals surface area contributed by atoms with Crippen molar-refractivity contribution in [2.75, 3.05) is 6.54 Å². The highest BCUT2D eigenvalue weighted by Crippen LogP contribution is 2.30. The van der Waals surface area contributed by atoms with E-state index in [0.717, 1.165) is 16.8 Å². The van der Waals surface area contributed by atoms with Gasteiger partial charge in [0.05, 0.1) is 17.9 Å². The van der Waals surface area contributed by atoms with Crippen LogP contribution in [0.3, 0.4) is 0 Å². The molecule has 1 heterocycles. The maximum atomic E-state index is 6.27. The van der Waals surface area contributed by atoms with Gasteiger partial charge in [0.15, 0.2) is 0 Å². The first-order valence-electron chi connectivity index (χ1n) is 6.07. The number of benzene rings is 2. The smallest absolute Gasteiger partial charge is 0.121 e. The fraction of sp³-hybridized carbons (Fsp3) is 0.0667. The molecule has 0 unspecified atom stereocenters. The molecule has 2 aromatic carbocycles. The van der Waals surface area contributed by atoms with Crippen molar-refractivity contribution in [3.05, 3.63) is 63.6 Å². The van der Waals surface area contributed by atoms with E-state index >= 15 is 0 Å². The number of hydrogen-bond donors (Lipinski definition) is 1. The Bertz CT molecular complexity index is 736. The number of rotatable bonds is 1. The highest BCUT2D eigenvalue weighted by Gasteiger charge is 2.17. The van der Waals surface area contributed by atoms with Crippen LogP contribution in [0, 0.1) is 0 Å².